The molecule has 3 amide bonds. The van der Waals surface area contributed by atoms with Crippen LogP contribution in [-0.2, 0) is 14.4 Å². The maximum absolute atomic E-state index is 13.7. The second-order valence-corrected chi connectivity index (χ2v) is 10.9. The number of aliphatic hydroxyl groups excluding tert-OH is 1. The minimum Gasteiger partial charge on any atom is -0.396 e. The zero-order valence-corrected chi connectivity index (χ0v) is 21.1. The Hall–Kier alpha value is -2.26. The highest BCUT2D eigenvalue weighted by Crippen LogP contribution is 2.66. The van der Waals surface area contributed by atoms with Crippen molar-refractivity contribution >= 4 is 40.9 Å². The number of nitrogens with zero attached hydrogens (tertiary/aromatic N) is 2. The van der Waals surface area contributed by atoms with Gasteiger partial charge in [-0.3, -0.25) is 14.4 Å². The van der Waals surface area contributed by atoms with Crippen molar-refractivity contribution in [2.75, 3.05) is 43.5 Å². The van der Waals surface area contributed by atoms with Crippen LogP contribution in [0.3, 0.4) is 0 Å². The molecule has 0 aliphatic carbocycles. The summed E-state index contributed by atoms with van der Waals surface area (Å²) in [5.41, 5.74) is 1.80. The van der Waals surface area contributed by atoms with Gasteiger partial charge in [0.15, 0.2) is 0 Å². The summed E-state index contributed by atoms with van der Waals surface area (Å²) in [4.78, 5) is 44.0. The number of nitrogens with one attached hydrogen (secondary N) is 2. The Kier molecular flexibility index (Phi) is 7.42. The number of thioether (sulfide) groups is 1. The van der Waals surface area contributed by atoms with Crippen molar-refractivity contribution in [2.45, 2.75) is 55.6 Å². The van der Waals surface area contributed by atoms with Crippen LogP contribution in [0.25, 0.3) is 0 Å². The molecular weight excluding hydrogens is 452 g/mol. The summed E-state index contributed by atoms with van der Waals surface area (Å²) in [6.45, 7) is 6.48. The van der Waals surface area contributed by atoms with E-state index in [1.54, 1.807) is 23.7 Å². The van der Waals surface area contributed by atoms with E-state index in [4.69, 9.17) is 0 Å². The van der Waals surface area contributed by atoms with Gasteiger partial charge in [0.25, 0.3) is 0 Å². The lowest BCUT2D eigenvalue weighted by Gasteiger charge is -2.34. The molecular formula is C25H36N4O4S. The lowest BCUT2D eigenvalue weighted by atomic mass is 9.71. The Balaban J connectivity index is 1.60. The largest absolute Gasteiger partial charge is 0.396 e. The van der Waals surface area contributed by atoms with Crippen molar-refractivity contribution < 1.29 is 19.5 Å². The van der Waals surface area contributed by atoms with Gasteiger partial charge in [0.05, 0.1) is 16.6 Å². The first-order valence-electron chi connectivity index (χ1n) is 12.4. The number of amides is 3. The molecule has 4 rings (SSSR count). The van der Waals surface area contributed by atoms with Gasteiger partial charge in [0.1, 0.15) is 6.04 Å². The van der Waals surface area contributed by atoms with Crippen molar-refractivity contribution in [3.8, 4) is 0 Å². The summed E-state index contributed by atoms with van der Waals surface area (Å²) in [5.74, 6) is -1.28. The zero-order valence-electron chi connectivity index (χ0n) is 20.3. The molecule has 3 aliphatic heterocycles. The third kappa shape index (κ3) is 4.06. The molecule has 3 N–H and O–H groups in total. The molecule has 1 spiro atoms. The molecule has 1 aromatic rings. The predicted octanol–water partition coefficient (Wildman–Crippen LogP) is 2.08. The minimum absolute atomic E-state index is 0.0457. The van der Waals surface area contributed by atoms with Gasteiger partial charge < -0.3 is 25.5 Å². The fraction of sp³-hybridized carbons (Fsp3) is 0.640. The van der Waals surface area contributed by atoms with Crippen LogP contribution in [0.5, 0.6) is 0 Å². The maximum Gasteiger partial charge on any atom is 0.248 e. The number of fused-ring (bicyclic) bond motifs is 1. The first kappa shape index (κ1) is 24.9. The fourth-order valence-electron chi connectivity index (χ4n) is 6.11. The van der Waals surface area contributed by atoms with Crippen molar-refractivity contribution in [3.05, 3.63) is 24.3 Å². The van der Waals surface area contributed by atoms with Crippen LogP contribution < -0.4 is 15.5 Å². The number of unbranched alkanes of at least 4 members (excludes halogenated alkanes) is 1. The number of hydrogen-bond donors (Lipinski definition) is 3. The number of carbonyl (C=O) groups excluding carboxylic acids is 3. The van der Waals surface area contributed by atoms with Crippen molar-refractivity contribution in [1.82, 2.24) is 10.2 Å². The molecule has 3 saturated heterocycles. The standard InChI is InChI=1S/C25H36N4O4S/c1-4-28(5-2)17-10-8-16(9-11-17)27-23(32)21-25-13-12-18(34-25)19(22(31)26-3)20(25)24(33)29(21)14-6-7-15-30/h8-11,18-21,30H,4-7,12-15H2,1-3H3,(H,26,31)(H,27,32)/t18-,19+,20-,21?,25?/m0/s1. The Bertz CT molecular complexity index is 922. The zero-order chi connectivity index (χ0) is 24.5. The molecule has 34 heavy (non-hydrogen) atoms. The van der Waals surface area contributed by atoms with Gasteiger partial charge in [-0.25, -0.2) is 0 Å². The molecule has 9 heteroatoms. The average molecular weight is 489 g/mol. The molecule has 0 aromatic heterocycles. The molecule has 2 bridgehead atoms. The molecule has 186 valence electrons. The van der Waals surface area contributed by atoms with Gasteiger partial charge in [0.2, 0.25) is 17.7 Å². The third-order valence-electron chi connectivity index (χ3n) is 7.67. The second kappa shape index (κ2) is 10.2. The summed E-state index contributed by atoms with van der Waals surface area (Å²) in [6, 6.07) is 7.18. The Morgan fingerprint density at radius 3 is 2.50 bits per heavy atom. The van der Waals surface area contributed by atoms with E-state index in [2.05, 4.69) is 29.4 Å². The number of benzene rings is 1. The van der Waals surface area contributed by atoms with Crippen LogP contribution in [-0.4, -0.2) is 77.1 Å². The fourth-order valence-corrected chi connectivity index (χ4v) is 8.33. The van der Waals surface area contributed by atoms with Gasteiger partial charge in [0, 0.05) is 49.9 Å². The highest BCUT2D eigenvalue weighted by molar-refractivity contribution is 8.02. The first-order valence-corrected chi connectivity index (χ1v) is 13.3. The SMILES string of the molecule is CCN(CC)c1ccc(NC(=O)C2N(CCCCO)C(=O)[C@@H]3[C@H](C(=O)NC)[C@@H]4CCC23S4)cc1. The van der Waals surface area contributed by atoms with E-state index in [0.29, 0.717) is 25.1 Å². The number of aliphatic hydroxyl groups is 1. The van der Waals surface area contributed by atoms with Crippen LogP contribution in [0.2, 0.25) is 0 Å². The number of carbonyl (C=O) groups is 3. The van der Waals surface area contributed by atoms with E-state index in [1.165, 1.54) is 0 Å². The number of likely N-dealkylation sites (tertiary alicyclic amines) is 1. The Morgan fingerprint density at radius 2 is 1.88 bits per heavy atom. The molecule has 2 unspecified atom stereocenters. The van der Waals surface area contributed by atoms with E-state index in [0.717, 1.165) is 31.6 Å². The summed E-state index contributed by atoms with van der Waals surface area (Å²) >= 11 is 1.67. The summed E-state index contributed by atoms with van der Waals surface area (Å²) in [7, 11) is 1.61. The van der Waals surface area contributed by atoms with Crippen molar-refractivity contribution in [2.24, 2.45) is 11.8 Å². The van der Waals surface area contributed by atoms with Crippen LogP contribution >= 0.6 is 11.8 Å². The lowest BCUT2D eigenvalue weighted by molar-refractivity contribution is -0.139. The second-order valence-electron chi connectivity index (χ2n) is 9.34. The molecule has 3 heterocycles. The topological polar surface area (TPSA) is 102 Å². The van der Waals surface area contributed by atoms with E-state index < -0.39 is 22.6 Å². The highest BCUT2D eigenvalue weighted by atomic mass is 32.2. The Labute approximate surface area is 205 Å². The summed E-state index contributed by atoms with van der Waals surface area (Å²) in [5, 5.41) is 15.1. The van der Waals surface area contributed by atoms with E-state index >= 15 is 0 Å². The molecule has 0 saturated carbocycles. The van der Waals surface area contributed by atoms with Gasteiger partial charge in [-0.05, 0) is 63.8 Å². The normalized spacial score (nSPS) is 29.3. The molecule has 5 atom stereocenters. The van der Waals surface area contributed by atoms with Crippen LogP contribution in [0, 0.1) is 11.8 Å². The van der Waals surface area contributed by atoms with Crippen LogP contribution in [0.1, 0.15) is 39.5 Å². The quantitative estimate of drug-likeness (QED) is 0.436. The number of hydrogen-bond acceptors (Lipinski definition) is 6. The van der Waals surface area contributed by atoms with E-state index in [1.807, 2.05) is 24.3 Å². The average Bonchev–Trinajstić information content (AvgIpc) is 3.48. The maximum atomic E-state index is 13.7. The lowest BCUT2D eigenvalue weighted by Crippen LogP contribution is -2.51. The van der Waals surface area contributed by atoms with Gasteiger partial charge in [-0.2, -0.15) is 0 Å². The predicted molar refractivity (Wildman–Crippen MR) is 135 cm³/mol. The summed E-state index contributed by atoms with van der Waals surface area (Å²) in [6.07, 6.45) is 2.77. The third-order valence-corrected chi connectivity index (χ3v) is 9.62. The van der Waals surface area contributed by atoms with Gasteiger partial charge in [-0.1, -0.05) is 0 Å². The molecule has 3 fully saturated rings. The van der Waals surface area contributed by atoms with Crippen molar-refractivity contribution in [1.29, 1.82) is 0 Å². The number of anilines is 2. The molecule has 0 radical (unpaired) electrons. The van der Waals surface area contributed by atoms with Gasteiger partial charge in [-0.15, -0.1) is 11.8 Å². The smallest absolute Gasteiger partial charge is 0.248 e. The van der Waals surface area contributed by atoms with Crippen LogP contribution in [0.15, 0.2) is 24.3 Å². The van der Waals surface area contributed by atoms with Gasteiger partial charge >= 0.3 is 0 Å². The first-order chi connectivity index (χ1) is 16.4. The van der Waals surface area contributed by atoms with E-state index in [9.17, 15) is 19.5 Å². The Morgan fingerprint density at radius 1 is 1.18 bits per heavy atom. The van der Waals surface area contributed by atoms with Crippen molar-refractivity contribution in [3.63, 3.8) is 0 Å². The molecule has 3 aliphatic rings. The number of rotatable bonds is 10. The minimum atomic E-state index is -0.629. The highest BCUT2D eigenvalue weighted by Gasteiger charge is 2.73. The van der Waals surface area contributed by atoms with Crippen LogP contribution in [0.4, 0.5) is 11.4 Å². The molecule has 8 nitrogen and oxygen atoms in total. The monoisotopic (exact) mass is 488 g/mol. The molecule has 1 aromatic carbocycles. The van der Waals surface area contributed by atoms with E-state index in [-0.39, 0.29) is 29.6 Å². The summed E-state index contributed by atoms with van der Waals surface area (Å²) < 4.78 is -0.580.